The molecule has 1 aliphatic rings. The number of rotatable bonds is 1. The van der Waals surface area contributed by atoms with Gasteiger partial charge in [-0.3, -0.25) is 0 Å². The second-order valence-corrected chi connectivity index (χ2v) is 3.41. The third kappa shape index (κ3) is 2.06. The molecule has 0 amide bonds. The first kappa shape index (κ1) is 12.1. The Labute approximate surface area is 76.3 Å². The molecule has 13 heavy (non-hydrogen) atoms. The molecule has 76 valence electrons. The molecule has 0 aromatic rings. The van der Waals surface area contributed by atoms with E-state index in [9.17, 15) is 9.18 Å². The van der Waals surface area contributed by atoms with Crippen LogP contribution in [-0.4, -0.2) is 30.7 Å². The lowest BCUT2D eigenvalue weighted by Crippen LogP contribution is -2.47. The predicted octanol–water partition coefficient (Wildman–Crippen LogP) is -0.826. The van der Waals surface area contributed by atoms with E-state index in [1.54, 1.807) is 12.9 Å². The van der Waals surface area contributed by atoms with Crippen molar-refractivity contribution in [3.05, 3.63) is 5.70 Å². The van der Waals surface area contributed by atoms with E-state index in [1.165, 1.54) is 0 Å². The lowest BCUT2D eigenvalue weighted by atomic mass is 9.78. The summed E-state index contributed by atoms with van der Waals surface area (Å²) in [6.07, 6.45) is -0.649. The average Bonchev–Trinajstić information content (AvgIpc) is 2.10. The summed E-state index contributed by atoms with van der Waals surface area (Å²) in [7, 11) is 0. The Bertz CT molecular complexity index is 228. The van der Waals surface area contributed by atoms with E-state index in [4.69, 9.17) is 5.73 Å². The molecule has 0 aromatic heterocycles. The van der Waals surface area contributed by atoms with Gasteiger partial charge in [0, 0.05) is 18.5 Å². The van der Waals surface area contributed by atoms with E-state index < -0.39 is 11.6 Å². The quantitative estimate of drug-likeness (QED) is 0.529. The minimum Gasteiger partial charge on any atom is -0.412 e. The highest BCUT2D eigenvalue weighted by Crippen LogP contribution is 2.32. The van der Waals surface area contributed by atoms with Gasteiger partial charge in [0.25, 0.3) is 0 Å². The van der Waals surface area contributed by atoms with Crippen LogP contribution in [-0.2, 0) is 4.79 Å². The molecule has 1 rings (SSSR count). The van der Waals surface area contributed by atoms with E-state index in [0.29, 0.717) is 13.0 Å². The van der Waals surface area contributed by atoms with Crippen molar-refractivity contribution in [3.8, 4) is 0 Å². The Kier molecular flexibility index (Phi) is 4.07. The molecule has 5 N–H and O–H groups in total. The molecule has 1 fully saturated rings. The molecule has 4 nitrogen and oxygen atoms in total. The molecule has 1 aliphatic heterocycles. The van der Waals surface area contributed by atoms with Crippen LogP contribution in [0.4, 0.5) is 4.39 Å². The molecule has 2 unspecified atom stereocenters. The first-order valence-electron chi connectivity index (χ1n) is 3.97. The van der Waals surface area contributed by atoms with Gasteiger partial charge in [-0.05, 0) is 6.42 Å². The maximum atomic E-state index is 13.5. The molecule has 0 aliphatic carbocycles. The predicted molar refractivity (Wildman–Crippen MR) is 47.5 cm³/mol. The van der Waals surface area contributed by atoms with Crippen LogP contribution in [0.3, 0.4) is 0 Å². The van der Waals surface area contributed by atoms with E-state index in [1.807, 2.05) is 0 Å². The first-order valence-corrected chi connectivity index (χ1v) is 3.97. The molecular weight excluding hydrogens is 175 g/mol. The lowest BCUT2D eigenvalue weighted by molar-refractivity contribution is 0.124. The van der Waals surface area contributed by atoms with Crippen LogP contribution in [0.2, 0.25) is 0 Å². The number of hydrogen-bond acceptors (Lipinski definition) is 3. The van der Waals surface area contributed by atoms with E-state index in [0.717, 1.165) is 0 Å². The van der Waals surface area contributed by atoms with Crippen LogP contribution in [0.15, 0.2) is 5.70 Å². The van der Waals surface area contributed by atoms with Crippen LogP contribution in [0.1, 0.15) is 13.3 Å². The van der Waals surface area contributed by atoms with Crippen molar-refractivity contribution >= 4 is 5.94 Å². The largest absolute Gasteiger partial charge is 0.412 e. The molecule has 0 bridgehead atoms. The maximum Gasteiger partial charge on any atom is 0.157 e. The van der Waals surface area contributed by atoms with Gasteiger partial charge in [-0.1, -0.05) is 6.92 Å². The van der Waals surface area contributed by atoms with Crippen LogP contribution in [0.5, 0.6) is 0 Å². The molecule has 0 aromatic carbocycles. The molecule has 0 saturated carbocycles. The monoisotopic (exact) mass is 190 g/mol. The second kappa shape index (κ2) is 4.37. The smallest absolute Gasteiger partial charge is 0.157 e. The number of halogens is 1. The first-order chi connectivity index (χ1) is 5.64. The second-order valence-electron chi connectivity index (χ2n) is 3.41. The van der Waals surface area contributed by atoms with Crippen molar-refractivity contribution in [2.45, 2.75) is 19.5 Å². The lowest BCUT2D eigenvalue weighted by Gasteiger charge is -2.36. The number of nitrogens with one attached hydrogen (secondary N) is 1. The molecule has 1 heterocycles. The molecule has 0 radical (unpaired) electrons. The number of piperidine rings is 1. The highest BCUT2D eigenvalue weighted by molar-refractivity contribution is 5.54. The molecule has 5 heteroatoms. The highest BCUT2D eigenvalue weighted by atomic mass is 19.1. The van der Waals surface area contributed by atoms with Gasteiger partial charge in [0.05, 0.1) is 0 Å². The normalized spacial score (nSPS) is 32.8. The summed E-state index contributed by atoms with van der Waals surface area (Å²) in [6, 6.07) is 0. The maximum absolute atomic E-state index is 13.5. The van der Waals surface area contributed by atoms with Gasteiger partial charge in [0.1, 0.15) is 11.6 Å². The van der Waals surface area contributed by atoms with Crippen LogP contribution in [0, 0.1) is 5.41 Å². The molecule has 2 atom stereocenters. The van der Waals surface area contributed by atoms with Gasteiger partial charge in [0.2, 0.25) is 0 Å². The summed E-state index contributed by atoms with van der Waals surface area (Å²) < 4.78 is 13.5. The Morgan fingerprint density at radius 2 is 2.46 bits per heavy atom. The Balaban J connectivity index is 0.00000144. The summed E-state index contributed by atoms with van der Waals surface area (Å²) in [6.45, 7) is 2.59. The van der Waals surface area contributed by atoms with E-state index in [-0.39, 0.29) is 17.7 Å². The van der Waals surface area contributed by atoms with E-state index >= 15 is 0 Å². The molecular formula is C8H15FN2O2. The van der Waals surface area contributed by atoms with Gasteiger partial charge in [-0.15, -0.1) is 0 Å². The van der Waals surface area contributed by atoms with Crippen molar-refractivity contribution in [1.82, 2.24) is 5.32 Å². The topological polar surface area (TPSA) is 86.6 Å². The van der Waals surface area contributed by atoms with Crippen LogP contribution < -0.4 is 11.1 Å². The fraction of sp³-hybridized carbons (Fsp3) is 0.750. The molecule has 0 spiro atoms. The third-order valence-electron chi connectivity index (χ3n) is 2.45. The summed E-state index contributed by atoms with van der Waals surface area (Å²) in [4.78, 5) is 10.3. The number of carbonyl (C=O) groups excluding carboxylic acids is 1. The van der Waals surface area contributed by atoms with Crippen molar-refractivity contribution in [1.29, 1.82) is 0 Å². The van der Waals surface area contributed by atoms with Crippen molar-refractivity contribution < 1.29 is 14.7 Å². The fourth-order valence-electron chi connectivity index (χ4n) is 1.34. The van der Waals surface area contributed by atoms with Gasteiger partial charge in [-0.25, -0.2) is 9.18 Å². The SMILES string of the molecule is CC1(CN)CCNC(=C=O)C1F.O. The van der Waals surface area contributed by atoms with Gasteiger partial charge in [-0.2, -0.15) is 0 Å². The Morgan fingerprint density at radius 1 is 1.85 bits per heavy atom. The van der Waals surface area contributed by atoms with Gasteiger partial charge >= 0.3 is 0 Å². The zero-order valence-electron chi connectivity index (χ0n) is 7.56. The summed E-state index contributed by atoms with van der Waals surface area (Å²) in [5.41, 5.74) is 4.84. The summed E-state index contributed by atoms with van der Waals surface area (Å²) in [5.74, 6) is 1.57. The number of nitrogens with two attached hydrogens (primary N) is 1. The number of alkyl halides is 1. The highest BCUT2D eigenvalue weighted by Gasteiger charge is 2.39. The zero-order valence-corrected chi connectivity index (χ0v) is 7.56. The van der Waals surface area contributed by atoms with E-state index in [2.05, 4.69) is 5.32 Å². The minimum absolute atomic E-state index is 0. The Morgan fingerprint density at radius 3 is 2.92 bits per heavy atom. The minimum atomic E-state index is -1.30. The zero-order chi connectivity index (χ0) is 9.19. The standard InChI is InChI=1S/C8H13FN2O.H2O/c1-8(5-10)2-3-11-6(4-12)7(8)9;/h7,11H,2-3,5,10H2,1H3;1H2. The van der Waals surface area contributed by atoms with Crippen LogP contribution in [0.25, 0.3) is 0 Å². The fourth-order valence-corrected chi connectivity index (χ4v) is 1.34. The third-order valence-corrected chi connectivity index (χ3v) is 2.45. The van der Waals surface area contributed by atoms with Gasteiger partial charge in [0.15, 0.2) is 6.17 Å². The van der Waals surface area contributed by atoms with Crippen molar-refractivity contribution in [2.24, 2.45) is 11.1 Å². The van der Waals surface area contributed by atoms with Crippen molar-refractivity contribution in [2.75, 3.05) is 13.1 Å². The van der Waals surface area contributed by atoms with Crippen LogP contribution >= 0.6 is 0 Å². The summed E-state index contributed by atoms with van der Waals surface area (Å²) >= 11 is 0. The molecule has 1 saturated heterocycles. The average molecular weight is 190 g/mol. The van der Waals surface area contributed by atoms with Gasteiger partial charge < -0.3 is 16.5 Å². The number of allylic oxidation sites excluding steroid dienone is 1. The van der Waals surface area contributed by atoms with Crippen molar-refractivity contribution in [3.63, 3.8) is 0 Å². The number of hydrogen-bond donors (Lipinski definition) is 2. The Hall–Kier alpha value is -0.900. The summed E-state index contributed by atoms with van der Waals surface area (Å²) in [5, 5.41) is 2.67.